The second-order valence-corrected chi connectivity index (χ2v) is 5.66. The van der Waals surface area contributed by atoms with Crippen LogP contribution in [0, 0.1) is 18.7 Å². The number of ketones is 1. The molecule has 0 radical (unpaired) electrons. The molecular formula is C16H20FNO2. The van der Waals surface area contributed by atoms with Gasteiger partial charge in [0, 0.05) is 25.1 Å². The number of aryl methyl sites for hydroxylation is 1. The summed E-state index contributed by atoms with van der Waals surface area (Å²) in [7, 11) is 0. The normalized spacial score (nSPS) is 16.2. The SMILES string of the molecule is CC(=O)CC1CCN(C(=O)c2cc(C)cc(F)c2)CC1. The summed E-state index contributed by atoms with van der Waals surface area (Å²) < 4.78 is 13.4. The van der Waals surface area contributed by atoms with Gasteiger partial charge in [-0.1, -0.05) is 0 Å². The third-order valence-electron chi connectivity index (χ3n) is 3.77. The van der Waals surface area contributed by atoms with Crippen LogP contribution in [0.2, 0.25) is 0 Å². The fourth-order valence-corrected chi connectivity index (χ4v) is 2.79. The highest BCUT2D eigenvalue weighted by Gasteiger charge is 2.24. The molecule has 20 heavy (non-hydrogen) atoms. The fraction of sp³-hybridized carbons (Fsp3) is 0.500. The van der Waals surface area contributed by atoms with Gasteiger partial charge in [0.25, 0.3) is 5.91 Å². The summed E-state index contributed by atoms with van der Waals surface area (Å²) in [4.78, 5) is 25.2. The molecule has 4 heteroatoms. The van der Waals surface area contributed by atoms with Crippen LogP contribution in [0.25, 0.3) is 0 Å². The Labute approximate surface area is 118 Å². The van der Waals surface area contributed by atoms with Crippen molar-refractivity contribution in [3.63, 3.8) is 0 Å². The zero-order valence-electron chi connectivity index (χ0n) is 12.0. The number of nitrogens with zero attached hydrogens (tertiary/aromatic N) is 1. The van der Waals surface area contributed by atoms with Crippen LogP contribution in [0.1, 0.15) is 42.1 Å². The summed E-state index contributed by atoms with van der Waals surface area (Å²) in [5.41, 5.74) is 1.16. The molecule has 0 N–H and O–H groups in total. The van der Waals surface area contributed by atoms with Crippen LogP contribution in [0.4, 0.5) is 4.39 Å². The first-order chi connectivity index (χ1) is 9.45. The van der Waals surface area contributed by atoms with Crippen LogP contribution >= 0.6 is 0 Å². The fourth-order valence-electron chi connectivity index (χ4n) is 2.79. The average molecular weight is 277 g/mol. The van der Waals surface area contributed by atoms with Gasteiger partial charge in [0.05, 0.1) is 0 Å². The molecular weight excluding hydrogens is 257 g/mol. The monoisotopic (exact) mass is 277 g/mol. The van der Waals surface area contributed by atoms with Crippen molar-refractivity contribution in [1.29, 1.82) is 0 Å². The summed E-state index contributed by atoms with van der Waals surface area (Å²) in [6.45, 7) is 4.67. The molecule has 1 amide bonds. The lowest BCUT2D eigenvalue weighted by Gasteiger charge is -2.31. The highest BCUT2D eigenvalue weighted by atomic mass is 19.1. The van der Waals surface area contributed by atoms with Gasteiger partial charge in [-0.15, -0.1) is 0 Å². The topological polar surface area (TPSA) is 37.4 Å². The number of halogens is 1. The number of carbonyl (C=O) groups is 2. The first kappa shape index (κ1) is 14.7. The van der Waals surface area contributed by atoms with Crippen LogP contribution in [0.15, 0.2) is 18.2 Å². The lowest BCUT2D eigenvalue weighted by molar-refractivity contribution is -0.118. The van der Waals surface area contributed by atoms with E-state index in [0.717, 1.165) is 18.4 Å². The van der Waals surface area contributed by atoms with Crippen molar-refractivity contribution in [2.75, 3.05) is 13.1 Å². The van der Waals surface area contributed by atoms with Gasteiger partial charge in [-0.25, -0.2) is 4.39 Å². The first-order valence-electron chi connectivity index (χ1n) is 7.01. The third kappa shape index (κ3) is 3.65. The molecule has 0 bridgehead atoms. The van der Waals surface area contributed by atoms with E-state index in [4.69, 9.17) is 0 Å². The Morgan fingerprint density at radius 2 is 1.90 bits per heavy atom. The van der Waals surface area contributed by atoms with Gasteiger partial charge in [-0.2, -0.15) is 0 Å². The number of hydrogen-bond donors (Lipinski definition) is 0. The van der Waals surface area contributed by atoms with Crippen molar-refractivity contribution in [3.8, 4) is 0 Å². The van der Waals surface area contributed by atoms with E-state index in [0.29, 0.717) is 31.0 Å². The van der Waals surface area contributed by atoms with Gasteiger partial charge >= 0.3 is 0 Å². The average Bonchev–Trinajstić information content (AvgIpc) is 2.37. The molecule has 0 atom stereocenters. The minimum Gasteiger partial charge on any atom is -0.339 e. The Morgan fingerprint density at radius 3 is 2.45 bits per heavy atom. The largest absolute Gasteiger partial charge is 0.339 e. The number of rotatable bonds is 3. The molecule has 2 rings (SSSR count). The molecule has 1 aromatic rings. The van der Waals surface area contributed by atoms with Gasteiger partial charge in [0.15, 0.2) is 0 Å². The summed E-state index contributed by atoms with van der Waals surface area (Å²) in [5, 5.41) is 0. The van der Waals surface area contributed by atoms with Crippen LogP contribution in [-0.4, -0.2) is 29.7 Å². The van der Waals surface area contributed by atoms with Crippen molar-refractivity contribution >= 4 is 11.7 Å². The quantitative estimate of drug-likeness (QED) is 0.851. The van der Waals surface area contributed by atoms with Crippen molar-refractivity contribution in [2.24, 2.45) is 5.92 Å². The van der Waals surface area contributed by atoms with E-state index in [2.05, 4.69) is 0 Å². The second-order valence-electron chi connectivity index (χ2n) is 5.66. The predicted molar refractivity (Wildman–Crippen MR) is 75.1 cm³/mol. The molecule has 0 aromatic heterocycles. The van der Waals surface area contributed by atoms with Crippen LogP contribution in [0.5, 0.6) is 0 Å². The van der Waals surface area contributed by atoms with E-state index in [-0.39, 0.29) is 17.5 Å². The third-order valence-corrected chi connectivity index (χ3v) is 3.77. The molecule has 1 aromatic carbocycles. The summed E-state index contributed by atoms with van der Waals surface area (Å²) in [5.74, 6) is 0.0926. The van der Waals surface area contributed by atoms with Crippen molar-refractivity contribution in [2.45, 2.75) is 33.1 Å². The number of piperidine rings is 1. The molecule has 3 nitrogen and oxygen atoms in total. The maximum absolute atomic E-state index is 13.4. The van der Waals surface area contributed by atoms with E-state index in [1.165, 1.54) is 12.1 Å². The first-order valence-corrected chi connectivity index (χ1v) is 7.01. The standard InChI is InChI=1S/C16H20FNO2/c1-11-7-14(10-15(17)8-11)16(20)18-5-3-13(4-6-18)9-12(2)19/h7-8,10,13H,3-6,9H2,1-2H3. The Hall–Kier alpha value is -1.71. The smallest absolute Gasteiger partial charge is 0.253 e. The zero-order valence-corrected chi connectivity index (χ0v) is 12.0. The number of Topliss-reactive ketones (excluding diaryl/α,β-unsaturated/α-hetero) is 1. The highest BCUT2D eigenvalue weighted by Crippen LogP contribution is 2.22. The van der Waals surface area contributed by atoms with Gasteiger partial charge in [-0.05, 0) is 56.4 Å². The van der Waals surface area contributed by atoms with Gasteiger partial charge in [-0.3, -0.25) is 4.79 Å². The zero-order chi connectivity index (χ0) is 14.7. The summed E-state index contributed by atoms with van der Waals surface area (Å²) in [6, 6.07) is 4.42. The van der Waals surface area contributed by atoms with E-state index < -0.39 is 0 Å². The van der Waals surface area contributed by atoms with Gasteiger partial charge in [0.2, 0.25) is 0 Å². The predicted octanol–water partition coefficient (Wildman–Crippen LogP) is 2.97. The number of likely N-dealkylation sites (tertiary alicyclic amines) is 1. The molecule has 0 spiro atoms. The van der Waals surface area contributed by atoms with Gasteiger partial charge in [0.1, 0.15) is 11.6 Å². The number of hydrogen-bond acceptors (Lipinski definition) is 2. The van der Waals surface area contributed by atoms with Crippen molar-refractivity contribution in [3.05, 3.63) is 35.1 Å². The number of amides is 1. The number of carbonyl (C=O) groups excluding carboxylic acids is 2. The maximum atomic E-state index is 13.4. The number of benzene rings is 1. The van der Waals surface area contributed by atoms with Crippen LogP contribution < -0.4 is 0 Å². The van der Waals surface area contributed by atoms with Crippen LogP contribution in [0.3, 0.4) is 0 Å². The van der Waals surface area contributed by atoms with Gasteiger partial charge < -0.3 is 9.69 Å². The molecule has 1 aliphatic heterocycles. The molecule has 0 saturated carbocycles. The minimum absolute atomic E-state index is 0.117. The van der Waals surface area contributed by atoms with E-state index in [9.17, 15) is 14.0 Å². The molecule has 1 aliphatic rings. The maximum Gasteiger partial charge on any atom is 0.253 e. The molecule has 1 fully saturated rings. The Bertz CT molecular complexity index is 499. The lowest BCUT2D eigenvalue weighted by Crippen LogP contribution is -2.38. The van der Waals surface area contributed by atoms with Crippen LogP contribution in [-0.2, 0) is 4.79 Å². The second kappa shape index (κ2) is 6.16. The lowest BCUT2D eigenvalue weighted by atomic mass is 9.92. The molecule has 0 aliphatic carbocycles. The van der Waals surface area contributed by atoms with Crippen molar-refractivity contribution in [1.82, 2.24) is 4.90 Å². The Morgan fingerprint density at radius 1 is 1.25 bits per heavy atom. The molecule has 0 unspecified atom stereocenters. The minimum atomic E-state index is -0.375. The molecule has 108 valence electrons. The Kier molecular flexibility index (Phi) is 4.53. The summed E-state index contributed by atoms with van der Waals surface area (Å²) in [6.07, 6.45) is 2.29. The molecule has 1 heterocycles. The van der Waals surface area contributed by atoms with E-state index >= 15 is 0 Å². The summed E-state index contributed by atoms with van der Waals surface area (Å²) >= 11 is 0. The van der Waals surface area contributed by atoms with Crippen molar-refractivity contribution < 1.29 is 14.0 Å². The highest BCUT2D eigenvalue weighted by molar-refractivity contribution is 5.94. The van der Waals surface area contributed by atoms with E-state index in [1.54, 1.807) is 24.8 Å². The Balaban J connectivity index is 1.99. The molecule has 1 saturated heterocycles. The van der Waals surface area contributed by atoms with E-state index in [1.807, 2.05) is 0 Å².